The number of carbonyl (C=O) groups excluding carboxylic acids is 2. The van der Waals surface area contributed by atoms with Gasteiger partial charge in [0, 0.05) is 18.1 Å². The molecular formula is C10H10O5. The summed E-state index contributed by atoms with van der Waals surface area (Å²) in [4.78, 5) is 22.0. The fourth-order valence-corrected chi connectivity index (χ4v) is 1.28. The normalized spacial score (nSPS) is 27.7. The Kier molecular flexibility index (Phi) is 2.45. The van der Waals surface area contributed by atoms with Gasteiger partial charge in [-0.2, -0.15) is 0 Å². The van der Waals surface area contributed by atoms with E-state index in [0.717, 1.165) is 0 Å². The highest BCUT2D eigenvalue weighted by Gasteiger charge is 2.24. The first-order chi connectivity index (χ1) is 7.16. The van der Waals surface area contributed by atoms with Crippen molar-refractivity contribution in [2.45, 2.75) is 19.6 Å². The molecule has 0 bridgehead atoms. The third kappa shape index (κ3) is 2.01. The molecule has 0 aliphatic carbocycles. The van der Waals surface area contributed by atoms with Crippen LogP contribution in [0.25, 0.3) is 0 Å². The van der Waals surface area contributed by atoms with Gasteiger partial charge < -0.3 is 14.2 Å². The van der Waals surface area contributed by atoms with Crippen LogP contribution < -0.4 is 0 Å². The first-order valence-corrected chi connectivity index (χ1v) is 4.58. The lowest BCUT2D eigenvalue weighted by Gasteiger charge is -2.07. The minimum atomic E-state index is -0.724. The van der Waals surface area contributed by atoms with Gasteiger partial charge in [-0.25, -0.2) is 9.59 Å². The molecule has 1 unspecified atom stereocenters. The molecule has 1 atom stereocenters. The molecule has 0 aromatic rings. The molecule has 80 valence electrons. The van der Waals surface area contributed by atoms with Crippen LogP contribution in [0.1, 0.15) is 13.3 Å². The highest BCUT2D eigenvalue weighted by molar-refractivity contribution is 5.90. The molecule has 2 aliphatic heterocycles. The molecule has 1 fully saturated rings. The second-order valence-electron chi connectivity index (χ2n) is 3.29. The molecule has 2 rings (SSSR count). The predicted octanol–water partition coefficient (Wildman–Crippen LogP) is 0.663. The summed E-state index contributed by atoms with van der Waals surface area (Å²) in [6.45, 7) is 2.02. The van der Waals surface area contributed by atoms with E-state index in [4.69, 9.17) is 14.2 Å². The lowest BCUT2D eigenvalue weighted by atomic mass is 10.2. The topological polar surface area (TPSA) is 61.8 Å². The van der Waals surface area contributed by atoms with Gasteiger partial charge in [0.2, 0.25) is 0 Å². The van der Waals surface area contributed by atoms with E-state index >= 15 is 0 Å². The van der Waals surface area contributed by atoms with E-state index in [2.05, 4.69) is 0 Å². The van der Waals surface area contributed by atoms with Crippen LogP contribution in [0.15, 0.2) is 23.5 Å². The second-order valence-corrected chi connectivity index (χ2v) is 3.29. The molecule has 0 aromatic heterocycles. The molecular weight excluding hydrogens is 200 g/mol. The van der Waals surface area contributed by atoms with E-state index in [-0.39, 0.29) is 5.97 Å². The minimum absolute atomic E-state index is 0.375. The standard InChI is InChI=1S/C10H10O5/c1-6-4-8(15-9(6)11)14-5-7-2-3-13-10(7)12/h4-5,8H,2-3H2,1H3/b7-5+. The third-order valence-electron chi connectivity index (χ3n) is 2.14. The summed E-state index contributed by atoms with van der Waals surface area (Å²) in [5.74, 6) is -0.771. The SMILES string of the molecule is CC1=CC(O/C=C2\CCOC2=O)OC1=O. The van der Waals surface area contributed by atoms with Crippen LogP contribution >= 0.6 is 0 Å². The fraction of sp³-hybridized carbons (Fsp3) is 0.400. The zero-order valence-electron chi connectivity index (χ0n) is 8.19. The maximum absolute atomic E-state index is 11.0. The molecule has 0 amide bonds. The van der Waals surface area contributed by atoms with Crippen molar-refractivity contribution in [3.63, 3.8) is 0 Å². The Morgan fingerprint density at radius 2 is 2.27 bits per heavy atom. The van der Waals surface area contributed by atoms with E-state index in [0.29, 0.717) is 24.2 Å². The zero-order chi connectivity index (χ0) is 10.8. The molecule has 0 aromatic carbocycles. The number of ether oxygens (including phenoxy) is 3. The second kappa shape index (κ2) is 3.76. The Labute approximate surface area is 86.3 Å². The summed E-state index contributed by atoms with van der Waals surface area (Å²) in [6, 6.07) is 0. The first kappa shape index (κ1) is 9.76. The van der Waals surface area contributed by atoms with E-state index < -0.39 is 12.3 Å². The van der Waals surface area contributed by atoms with Crippen molar-refractivity contribution in [1.29, 1.82) is 0 Å². The van der Waals surface area contributed by atoms with E-state index in [1.165, 1.54) is 6.26 Å². The molecule has 0 spiro atoms. The highest BCUT2D eigenvalue weighted by Crippen LogP contribution is 2.17. The number of esters is 2. The van der Waals surface area contributed by atoms with E-state index in [9.17, 15) is 9.59 Å². The Morgan fingerprint density at radius 1 is 1.47 bits per heavy atom. The van der Waals surface area contributed by atoms with Crippen LogP contribution in [0.4, 0.5) is 0 Å². The molecule has 15 heavy (non-hydrogen) atoms. The number of hydrogen-bond acceptors (Lipinski definition) is 5. The number of hydrogen-bond donors (Lipinski definition) is 0. The molecule has 1 saturated heterocycles. The van der Waals surface area contributed by atoms with Gasteiger partial charge in [0.1, 0.15) is 0 Å². The van der Waals surface area contributed by atoms with Crippen molar-refractivity contribution in [2.24, 2.45) is 0 Å². The monoisotopic (exact) mass is 210 g/mol. The molecule has 0 radical (unpaired) electrons. The van der Waals surface area contributed by atoms with Gasteiger partial charge in [-0.05, 0) is 6.92 Å². The first-order valence-electron chi connectivity index (χ1n) is 4.58. The van der Waals surface area contributed by atoms with Gasteiger partial charge in [0.25, 0.3) is 6.29 Å². The summed E-state index contributed by atoms with van der Waals surface area (Å²) in [6.07, 6.45) is 2.66. The summed E-state index contributed by atoms with van der Waals surface area (Å²) in [7, 11) is 0. The maximum atomic E-state index is 11.0. The smallest absolute Gasteiger partial charge is 0.337 e. The van der Waals surface area contributed by atoms with Gasteiger partial charge >= 0.3 is 11.9 Å². The average molecular weight is 210 g/mol. The largest absolute Gasteiger partial charge is 0.462 e. The van der Waals surface area contributed by atoms with Crippen molar-refractivity contribution < 1.29 is 23.8 Å². The van der Waals surface area contributed by atoms with Crippen LogP contribution in [0.5, 0.6) is 0 Å². The number of carbonyl (C=O) groups is 2. The van der Waals surface area contributed by atoms with Crippen molar-refractivity contribution in [1.82, 2.24) is 0 Å². The molecule has 5 heteroatoms. The predicted molar refractivity (Wildman–Crippen MR) is 48.4 cm³/mol. The molecule has 0 N–H and O–H groups in total. The van der Waals surface area contributed by atoms with Gasteiger partial charge in [-0.1, -0.05) is 0 Å². The molecule has 5 nitrogen and oxygen atoms in total. The molecule has 2 aliphatic rings. The van der Waals surface area contributed by atoms with Gasteiger partial charge in [-0.15, -0.1) is 0 Å². The van der Waals surface area contributed by atoms with Crippen molar-refractivity contribution >= 4 is 11.9 Å². The lowest BCUT2D eigenvalue weighted by Crippen LogP contribution is -2.10. The van der Waals surface area contributed by atoms with Gasteiger partial charge in [0.15, 0.2) is 0 Å². The van der Waals surface area contributed by atoms with Gasteiger partial charge in [0.05, 0.1) is 18.4 Å². The summed E-state index contributed by atoms with van der Waals surface area (Å²) in [5.41, 5.74) is 0.969. The van der Waals surface area contributed by atoms with Crippen LogP contribution in [0.2, 0.25) is 0 Å². The highest BCUT2D eigenvalue weighted by atomic mass is 16.7. The van der Waals surface area contributed by atoms with Crippen LogP contribution in [-0.2, 0) is 23.8 Å². The molecule has 2 heterocycles. The Hall–Kier alpha value is -1.78. The Bertz CT molecular complexity index is 366. The van der Waals surface area contributed by atoms with Crippen LogP contribution in [0, 0.1) is 0 Å². The van der Waals surface area contributed by atoms with Crippen molar-refractivity contribution in [3.05, 3.63) is 23.5 Å². The summed E-state index contributed by atoms with van der Waals surface area (Å²) in [5, 5.41) is 0. The lowest BCUT2D eigenvalue weighted by molar-refractivity contribution is -0.152. The van der Waals surface area contributed by atoms with Crippen molar-refractivity contribution in [2.75, 3.05) is 6.61 Å². The van der Waals surface area contributed by atoms with E-state index in [1.807, 2.05) is 0 Å². The van der Waals surface area contributed by atoms with Crippen LogP contribution in [0.3, 0.4) is 0 Å². The fourth-order valence-electron chi connectivity index (χ4n) is 1.28. The Balaban J connectivity index is 1.94. The number of cyclic esters (lactones) is 2. The summed E-state index contributed by atoms with van der Waals surface area (Å²) < 4.78 is 14.6. The van der Waals surface area contributed by atoms with Crippen LogP contribution in [-0.4, -0.2) is 24.8 Å². The van der Waals surface area contributed by atoms with Gasteiger partial charge in [-0.3, -0.25) is 0 Å². The quantitative estimate of drug-likeness (QED) is 0.380. The van der Waals surface area contributed by atoms with E-state index in [1.54, 1.807) is 13.0 Å². The minimum Gasteiger partial charge on any atom is -0.462 e. The van der Waals surface area contributed by atoms with Crippen molar-refractivity contribution in [3.8, 4) is 0 Å². The molecule has 0 saturated carbocycles. The third-order valence-corrected chi connectivity index (χ3v) is 2.14. The maximum Gasteiger partial charge on any atom is 0.337 e. The zero-order valence-corrected chi connectivity index (χ0v) is 8.19. The number of rotatable bonds is 2. The average Bonchev–Trinajstić information content (AvgIpc) is 2.72. The summed E-state index contributed by atoms with van der Waals surface area (Å²) >= 11 is 0. The Morgan fingerprint density at radius 3 is 2.80 bits per heavy atom.